The fourth-order valence-electron chi connectivity index (χ4n) is 1.97. The molecule has 16 heavy (non-hydrogen) atoms. The summed E-state index contributed by atoms with van der Waals surface area (Å²) in [6.45, 7) is 0. The quantitative estimate of drug-likeness (QED) is 0.705. The molecule has 0 radical (unpaired) electrons. The van der Waals surface area contributed by atoms with Gasteiger partial charge in [0.2, 0.25) is 0 Å². The van der Waals surface area contributed by atoms with E-state index in [2.05, 4.69) is 5.32 Å². The molecule has 4 nitrogen and oxygen atoms in total. The fourth-order valence-corrected chi connectivity index (χ4v) is 2.22. The Hall–Kier alpha value is -1.33. The van der Waals surface area contributed by atoms with E-state index in [1.54, 1.807) is 0 Å². The van der Waals surface area contributed by atoms with Gasteiger partial charge in [0.15, 0.2) is 0 Å². The first-order valence-electron chi connectivity index (χ1n) is 4.65. The number of benzene rings is 1. The first kappa shape index (κ1) is 11.2. The van der Waals surface area contributed by atoms with Gasteiger partial charge in [-0.1, -0.05) is 11.6 Å². The summed E-state index contributed by atoms with van der Waals surface area (Å²) >= 11 is 5.86. The summed E-state index contributed by atoms with van der Waals surface area (Å²) in [7, 11) is 0. The van der Waals surface area contributed by atoms with Crippen LogP contribution in [0.1, 0.15) is 17.2 Å². The molecular weight excluding hydrogens is 237 g/mol. The van der Waals surface area contributed by atoms with Gasteiger partial charge in [0.25, 0.3) is 0 Å². The maximum Gasteiger partial charge on any atom is 0.405 e. The van der Waals surface area contributed by atoms with Crippen LogP contribution in [0.5, 0.6) is 0 Å². The molecule has 6 heteroatoms. The summed E-state index contributed by atoms with van der Waals surface area (Å²) in [5.74, 6) is -0.560. The van der Waals surface area contributed by atoms with Gasteiger partial charge in [-0.25, -0.2) is 9.18 Å². The number of fused-ring (bicyclic) bond motifs is 1. The number of hydrogen-bond acceptors (Lipinski definition) is 2. The number of nitrogens with one attached hydrogen (secondary N) is 1. The van der Waals surface area contributed by atoms with Gasteiger partial charge in [-0.2, -0.15) is 0 Å². The highest BCUT2D eigenvalue weighted by molar-refractivity contribution is 6.31. The van der Waals surface area contributed by atoms with Crippen molar-refractivity contribution in [3.05, 3.63) is 34.1 Å². The van der Waals surface area contributed by atoms with Gasteiger partial charge in [-0.15, -0.1) is 0 Å². The maximum absolute atomic E-state index is 13.5. The van der Waals surface area contributed by atoms with Crippen LogP contribution in [0, 0.1) is 5.82 Å². The van der Waals surface area contributed by atoms with Crippen LogP contribution in [0.4, 0.5) is 9.18 Å². The highest BCUT2D eigenvalue weighted by Gasteiger charge is 2.36. The van der Waals surface area contributed by atoms with Gasteiger partial charge in [-0.05, 0) is 17.7 Å². The average Bonchev–Trinajstić information content (AvgIpc) is 2.51. The molecule has 1 aromatic rings. The third-order valence-corrected chi connectivity index (χ3v) is 2.99. The standard InChI is InChI=1S/C10H9ClFNO3/c11-5-1-2-6(12)8-4(5)3-7(14)9(8)13-10(15)16/h1-2,7,9,13-14H,3H2,(H,15,16). The van der Waals surface area contributed by atoms with Crippen LogP contribution in [0.15, 0.2) is 12.1 Å². The van der Waals surface area contributed by atoms with Gasteiger partial charge in [0.1, 0.15) is 5.82 Å². The molecule has 3 N–H and O–H groups in total. The topological polar surface area (TPSA) is 69.6 Å². The lowest BCUT2D eigenvalue weighted by Gasteiger charge is -2.15. The largest absolute Gasteiger partial charge is 0.465 e. The van der Waals surface area contributed by atoms with E-state index in [0.717, 1.165) is 6.07 Å². The molecule has 0 heterocycles. The molecule has 0 spiro atoms. The highest BCUT2D eigenvalue weighted by atomic mass is 35.5. The second-order valence-corrected chi connectivity index (χ2v) is 4.03. The number of rotatable bonds is 1. The molecule has 86 valence electrons. The van der Waals surface area contributed by atoms with E-state index in [1.807, 2.05) is 0 Å². The molecule has 1 aliphatic rings. The molecule has 1 aliphatic carbocycles. The third kappa shape index (κ3) is 1.72. The number of halogens is 2. The Morgan fingerprint density at radius 3 is 2.88 bits per heavy atom. The number of carbonyl (C=O) groups is 1. The van der Waals surface area contributed by atoms with E-state index in [4.69, 9.17) is 16.7 Å². The molecule has 0 saturated heterocycles. The van der Waals surface area contributed by atoms with Gasteiger partial charge in [0, 0.05) is 17.0 Å². The van der Waals surface area contributed by atoms with E-state index in [-0.39, 0.29) is 12.0 Å². The van der Waals surface area contributed by atoms with Crippen LogP contribution in [0.25, 0.3) is 0 Å². The predicted octanol–water partition coefficient (Wildman–Crippen LogP) is 1.70. The number of aliphatic hydroxyl groups is 1. The van der Waals surface area contributed by atoms with E-state index >= 15 is 0 Å². The van der Waals surface area contributed by atoms with Crippen molar-refractivity contribution in [1.82, 2.24) is 5.32 Å². The molecule has 1 aromatic carbocycles. The van der Waals surface area contributed by atoms with Crippen molar-refractivity contribution in [2.45, 2.75) is 18.6 Å². The smallest absolute Gasteiger partial charge is 0.405 e. The van der Waals surface area contributed by atoms with Crippen molar-refractivity contribution in [2.75, 3.05) is 0 Å². The molecule has 0 aromatic heterocycles. The number of aliphatic hydroxyl groups excluding tert-OH is 1. The van der Waals surface area contributed by atoms with Crippen molar-refractivity contribution in [3.63, 3.8) is 0 Å². The summed E-state index contributed by atoms with van der Waals surface area (Å²) in [5.41, 5.74) is 0.607. The second kappa shape index (κ2) is 3.92. The van der Waals surface area contributed by atoms with E-state index in [9.17, 15) is 14.3 Å². The predicted molar refractivity (Wildman–Crippen MR) is 55.0 cm³/mol. The molecular formula is C10H9ClFNO3. The molecule has 2 atom stereocenters. The van der Waals surface area contributed by atoms with Crippen molar-refractivity contribution in [2.24, 2.45) is 0 Å². The Labute approximate surface area is 95.7 Å². The van der Waals surface area contributed by atoms with Crippen molar-refractivity contribution < 1.29 is 19.4 Å². The summed E-state index contributed by atoms with van der Waals surface area (Å²) in [5, 5.41) is 20.7. The van der Waals surface area contributed by atoms with Gasteiger partial charge < -0.3 is 15.5 Å². The van der Waals surface area contributed by atoms with E-state index in [1.165, 1.54) is 6.07 Å². The van der Waals surface area contributed by atoms with Gasteiger partial charge in [-0.3, -0.25) is 0 Å². The van der Waals surface area contributed by atoms with Crippen LogP contribution in [-0.4, -0.2) is 22.4 Å². The van der Waals surface area contributed by atoms with Crippen LogP contribution in [0.3, 0.4) is 0 Å². The normalized spacial score (nSPS) is 22.9. The van der Waals surface area contributed by atoms with Crippen molar-refractivity contribution in [1.29, 1.82) is 0 Å². The summed E-state index contributed by atoms with van der Waals surface area (Å²) in [6.07, 6.45) is -2.14. The van der Waals surface area contributed by atoms with Crippen molar-refractivity contribution >= 4 is 17.7 Å². The number of carboxylic acid groups (broad SMARTS) is 1. The van der Waals surface area contributed by atoms with Gasteiger partial charge >= 0.3 is 6.09 Å². The number of amides is 1. The molecule has 0 aliphatic heterocycles. The summed E-state index contributed by atoms with van der Waals surface area (Å²) in [4.78, 5) is 10.5. The fraction of sp³-hybridized carbons (Fsp3) is 0.300. The van der Waals surface area contributed by atoms with Crippen molar-refractivity contribution in [3.8, 4) is 0 Å². The molecule has 1 amide bonds. The van der Waals surface area contributed by atoms with E-state index < -0.39 is 24.1 Å². The zero-order valence-electron chi connectivity index (χ0n) is 8.08. The molecule has 2 unspecified atom stereocenters. The lowest BCUT2D eigenvalue weighted by Crippen LogP contribution is -2.33. The molecule has 0 bridgehead atoms. The van der Waals surface area contributed by atoms with Crippen LogP contribution < -0.4 is 5.32 Å². The second-order valence-electron chi connectivity index (χ2n) is 3.62. The minimum atomic E-state index is -1.31. The minimum absolute atomic E-state index is 0.141. The average molecular weight is 246 g/mol. The zero-order valence-corrected chi connectivity index (χ0v) is 8.83. The zero-order chi connectivity index (χ0) is 11.9. The first-order valence-corrected chi connectivity index (χ1v) is 5.03. The molecule has 0 fully saturated rings. The van der Waals surface area contributed by atoms with Crippen LogP contribution in [-0.2, 0) is 6.42 Å². The monoisotopic (exact) mass is 245 g/mol. The summed E-state index contributed by atoms with van der Waals surface area (Å²) < 4.78 is 13.5. The Balaban J connectivity index is 2.47. The lowest BCUT2D eigenvalue weighted by atomic mass is 10.1. The number of hydrogen-bond donors (Lipinski definition) is 3. The highest BCUT2D eigenvalue weighted by Crippen LogP contribution is 2.37. The molecule has 0 saturated carbocycles. The van der Waals surface area contributed by atoms with Gasteiger partial charge in [0.05, 0.1) is 12.1 Å². The van der Waals surface area contributed by atoms with E-state index in [0.29, 0.717) is 10.6 Å². The lowest BCUT2D eigenvalue weighted by molar-refractivity contribution is 0.130. The minimum Gasteiger partial charge on any atom is -0.465 e. The Kier molecular flexibility index (Phi) is 2.73. The molecule has 2 rings (SSSR count). The first-order chi connectivity index (χ1) is 7.50. The Morgan fingerprint density at radius 1 is 1.56 bits per heavy atom. The maximum atomic E-state index is 13.5. The SMILES string of the molecule is O=C(O)NC1c2c(F)ccc(Cl)c2CC1O. The van der Waals surface area contributed by atoms with Crippen LogP contribution in [0.2, 0.25) is 5.02 Å². The third-order valence-electron chi connectivity index (χ3n) is 2.63. The van der Waals surface area contributed by atoms with Crippen LogP contribution >= 0.6 is 11.6 Å². The Bertz CT molecular complexity index is 452. The summed E-state index contributed by atoms with van der Waals surface area (Å²) in [6, 6.07) is 1.60. The Morgan fingerprint density at radius 2 is 2.25 bits per heavy atom.